The zero-order valence-corrected chi connectivity index (χ0v) is 15.2. The van der Waals surface area contributed by atoms with Crippen molar-refractivity contribution in [3.8, 4) is 0 Å². The number of aromatic nitrogens is 1. The van der Waals surface area contributed by atoms with Gasteiger partial charge in [-0.05, 0) is 30.3 Å². The van der Waals surface area contributed by atoms with Gasteiger partial charge in [0, 0.05) is 23.3 Å². The number of benzene rings is 1. The molecule has 0 spiro atoms. The second-order valence-electron chi connectivity index (χ2n) is 4.82. The molecule has 134 valence electrons. The minimum Gasteiger partial charge on any atom is -0.321 e. The van der Waals surface area contributed by atoms with Crippen molar-refractivity contribution in [2.45, 2.75) is 4.90 Å². The average Bonchev–Trinajstić information content (AvgIpc) is 3.26. The fraction of sp³-hybridized carbons (Fsp3) is 0. The van der Waals surface area contributed by atoms with E-state index in [2.05, 4.69) is 15.0 Å². The summed E-state index contributed by atoms with van der Waals surface area (Å²) < 4.78 is 26.8. The van der Waals surface area contributed by atoms with E-state index in [4.69, 9.17) is 0 Å². The highest BCUT2D eigenvalue weighted by Crippen LogP contribution is 2.25. The van der Waals surface area contributed by atoms with Crippen LogP contribution in [-0.2, 0) is 10.0 Å². The summed E-state index contributed by atoms with van der Waals surface area (Å²) in [5.74, 6) is -0.514. The van der Waals surface area contributed by atoms with Gasteiger partial charge in [0.15, 0.2) is 5.13 Å². The summed E-state index contributed by atoms with van der Waals surface area (Å²) >= 11 is 1.91. The van der Waals surface area contributed by atoms with Gasteiger partial charge >= 0.3 is 5.00 Å². The normalized spacial score (nSPS) is 11.1. The number of amides is 1. The zero-order valence-electron chi connectivity index (χ0n) is 12.8. The van der Waals surface area contributed by atoms with Crippen molar-refractivity contribution in [3.05, 3.63) is 63.0 Å². The molecule has 1 amide bonds. The molecule has 0 fully saturated rings. The second kappa shape index (κ2) is 7.19. The topological polar surface area (TPSA) is 131 Å². The molecule has 3 aromatic rings. The highest BCUT2D eigenvalue weighted by molar-refractivity contribution is 7.93. The number of nitrogens with zero attached hydrogens (tertiary/aromatic N) is 2. The molecule has 0 aliphatic carbocycles. The molecule has 2 aromatic heterocycles. The van der Waals surface area contributed by atoms with Crippen molar-refractivity contribution < 1.29 is 18.1 Å². The Bertz CT molecular complexity index is 1040. The van der Waals surface area contributed by atoms with E-state index in [9.17, 15) is 23.3 Å². The molecule has 0 unspecified atom stereocenters. The van der Waals surface area contributed by atoms with Crippen LogP contribution in [-0.4, -0.2) is 24.2 Å². The van der Waals surface area contributed by atoms with Gasteiger partial charge in [0.1, 0.15) is 0 Å². The van der Waals surface area contributed by atoms with Crippen LogP contribution >= 0.6 is 22.7 Å². The molecule has 9 nitrogen and oxygen atoms in total. The fourth-order valence-corrected chi connectivity index (χ4v) is 4.41. The Morgan fingerprint density at radius 2 is 1.88 bits per heavy atom. The summed E-state index contributed by atoms with van der Waals surface area (Å²) in [4.78, 5) is 26.2. The van der Waals surface area contributed by atoms with Crippen LogP contribution in [0.2, 0.25) is 0 Å². The van der Waals surface area contributed by atoms with Gasteiger partial charge in [-0.25, -0.2) is 13.4 Å². The van der Waals surface area contributed by atoms with E-state index in [1.165, 1.54) is 42.6 Å². The molecule has 0 atom stereocenters. The van der Waals surface area contributed by atoms with E-state index in [-0.39, 0.29) is 19.9 Å². The molecule has 12 heteroatoms. The maximum Gasteiger partial charge on any atom is 0.324 e. The third-order valence-corrected chi connectivity index (χ3v) is 6.28. The van der Waals surface area contributed by atoms with E-state index >= 15 is 0 Å². The Labute approximate surface area is 155 Å². The van der Waals surface area contributed by atoms with E-state index in [0.29, 0.717) is 5.69 Å². The average molecular weight is 410 g/mol. The molecule has 0 aliphatic rings. The molecular formula is C14H10N4O5S3. The SMILES string of the molecule is O=C(Nc1ccc(S(=O)(=O)Nc2nccs2)cc1)c1ccc([N+](=O)[O-])s1. The van der Waals surface area contributed by atoms with E-state index < -0.39 is 20.9 Å². The Morgan fingerprint density at radius 3 is 2.46 bits per heavy atom. The lowest BCUT2D eigenvalue weighted by Crippen LogP contribution is -2.13. The fourth-order valence-electron chi connectivity index (χ4n) is 1.91. The van der Waals surface area contributed by atoms with Crippen LogP contribution in [0, 0.1) is 10.1 Å². The predicted molar refractivity (Wildman–Crippen MR) is 98.3 cm³/mol. The smallest absolute Gasteiger partial charge is 0.321 e. The van der Waals surface area contributed by atoms with E-state index in [1.54, 1.807) is 5.38 Å². The van der Waals surface area contributed by atoms with Crippen LogP contribution in [0.4, 0.5) is 15.8 Å². The number of sulfonamides is 1. The lowest BCUT2D eigenvalue weighted by Gasteiger charge is -2.07. The maximum atomic E-state index is 12.2. The molecule has 0 saturated heterocycles. The van der Waals surface area contributed by atoms with Gasteiger partial charge in [-0.1, -0.05) is 11.3 Å². The van der Waals surface area contributed by atoms with Crippen LogP contribution in [0.15, 0.2) is 52.9 Å². The van der Waals surface area contributed by atoms with Crippen molar-refractivity contribution in [3.63, 3.8) is 0 Å². The van der Waals surface area contributed by atoms with Gasteiger partial charge in [-0.15, -0.1) is 11.3 Å². The summed E-state index contributed by atoms with van der Waals surface area (Å²) in [6.45, 7) is 0. The number of nitrogens with one attached hydrogen (secondary N) is 2. The van der Waals surface area contributed by atoms with Crippen molar-refractivity contribution in [2.24, 2.45) is 0 Å². The Hall–Kier alpha value is -2.83. The van der Waals surface area contributed by atoms with Crippen LogP contribution in [0.5, 0.6) is 0 Å². The first kappa shape index (κ1) is 18.0. The minimum absolute atomic E-state index is 0.0115. The Morgan fingerprint density at radius 1 is 1.15 bits per heavy atom. The van der Waals surface area contributed by atoms with Crippen LogP contribution < -0.4 is 10.0 Å². The maximum absolute atomic E-state index is 12.2. The number of nitro groups is 1. The first-order chi connectivity index (χ1) is 12.3. The first-order valence-corrected chi connectivity index (χ1v) is 10.1. The number of hydrogen-bond donors (Lipinski definition) is 2. The number of hydrogen-bond acceptors (Lipinski definition) is 8. The summed E-state index contributed by atoms with van der Waals surface area (Å²) in [7, 11) is -3.77. The van der Waals surface area contributed by atoms with Gasteiger partial charge in [0.25, 0.3) is 15.9 Å². The summed E-state index contributed by atoms with van der Waals surface area (Å²) in [6.07, 6.45) is 1.48. The quantitative estimate of drug-likeness (QED) is 0.474. The standard InChI is InChI=1S/C14H10N4O5S3/c19-13(11-5-6-12(25-11)18(20)21)16-9-1-3-10(4-2-9)26(22,23)17-14-15-7-8-24-14/h1-8H,(H,15,17)(H,16,19). The number of thiazole rings is 1. The number of rotatable bonds is 6. The molecule has 2 heterocycles. The summed E-state index contributed by atoms with van der Waals surface area (Å²) in [5, 5.41) is 15.0. The number of thiophene rings is 1. The van der Waals surface area contributed by atoms with E-state index in [0.717, 1.165) is 22.7 Å². The lowest BCUT2D eigenvalue weighted by atomic mass is 10.3. The summed E-state index contributed by atoms with van der Waals surface area (Å²) in [6, 6.07) is 8.13. The molecular weight excluding hydrogens is 400 g/mol. The predicted octanol–water partition coefficient (Wildman–Crippen LogP) is 3.17. The number of carbonyl (C=O) groups is 1. The van der Waals surface area contributed by atoms with Gasteiger partial charge < -0.3 is 5.32 Å². The van der Waals surface area contributed by atoms with Gasteiger partial charge in [0.2, 0.25) is 0 Å². The Balaban J connectivity index is 1.71. The molecule has 0 radical (unpaired) electrons. The molecule has 0 bridgehead atoms. The minimum atomic E-state index is -3.77. The zero-order chi connectivity index (χ0) is 18.7. The third kappa shape index (κ3) is 4.04. The summed E-state index contributed by atoms with van der Waals surface area (Å²) in [5.41, 5.74) is 0.360. The van der Waals surface area contributed by atoms with Gasteiger partial charge in [-0.2, -0.15) is 0 Å². The monoisotopic (exact) mass is 410 g/mol. The molecule has 26 heavy (non-hydrogen) atoms. The van der Waals surface area contributed by atoms with Gasteiger partial charge in [0.05, 0.1) is 14.7 Å². The van der Waals surface area contributed by atoms with E-state index in [1.807, 2.05) is 0 Å². The largest absolute Gasteiger partial charge is 0.324 e. The first-order valence-electron chi connectivity index (χ1n) is 6.93. The second-order valence-corrected chi connectivity index (χ2v) is 8.46. The third-order valence-electron chi connectivity index (χ3n) is 3.07. The molecule has 0 aliphatic heterocycles. The van der Waals surface area contributed by atoms with Crippen molar-refractivity contribution >= 4 is 54.4 Å². The van der Waals surface area contributed by atoms with Crippen LogP contribution in [0.25, 0.3) is 0 Å². The van der Waals surface area contributed by atoms with Crippen LogP contribution in [0.1, 0.15) is 9.67 Å². The van der Waals surface area contributed by atoms with Crippen LogP contribution in [0.3, 0.4) is 0 Å². The van der Waals surface area contributed by atoms with Crippen molar-refractivity contribution in [1.82, 2.24) is 4.98 Å². The Kier molecular flexibility index (Phi) is 4.97. The van der Waals surface area contributed by atoms with Gasteiger partial charge in [-0.3, -0.25) is 19.6 Å². The molecule has 0 saturated carbocycles. The number of carbonyl (C=O) groups excluding carboxylic acids is 1. The highest BCUT2D eigenvalue weighted by atomic mass is 32.2. The highest BCUT2D eigenvalue weighted by Gasteiger charge is 2.17. The molecule has 2 N–H and O–H groups in total. The number of anilines is 2. The molecule has 3 rings (SSSR count). The van der Waals surface area contributed by atoms with Crippen molar-refractivity contribution in [2.75, 3.05) is 10.0 Å². The molecule has 1 aromatic carbocycles. The van der Waals surface area contributed by atoms with Crippen molar-refractivity contribution in [1.29, 1.82) is 0 Å². The lowest BCUT2D eigenvalue weighted by molar-refractivity contribution is -0.380.